The first-order valence-corrected chi connectivity index (χ1v) is 11.2. The number of aromatic nitrogens is 3. The van der Waals surface area contributed by atoms with E-state index in [0.29, 0.717) is 50.1 Å². The van der Waals surface area contributed by atoms with E-state index >= 15 is 0 Å². The van der Waals surface area contributed by atoms with Gasteiger partial charge in [0.1, 0.15) is 12.4 Å². The summed E-state index contributed by atoms with van der Waals surface area (Å²) < 4.78 is 7.90. The van der Waals surface area contributed by atoms with Gasteiger partial charge in [0.15, 0.2) is 0 Å². The predicted octanol–water partition coefficient (Wildman–Crippen LogP) is 4.74. The van der Waals surface area contributed by atoms with Crippen LogP contribution in [0.25, 0.3) is 0 Å². The van der Waals surface area contributed by atoms with Gasteiger partial charge in [0, 0.05) is 34.8 Å². The molecule has 7 nitrogen and oxygen atoms in total. The molecule has 2 aromatic heterocycles. The van der Waals surface area contributed by atoms with E-state index in [1.54, 1.807) is 30.6 Å². The molecule has 9 heteroatoms. The zero-order valence-corrected chi connectivity index (χ0v) is 19.6. The van der Waals surface area contributed by atoms with Gasteiger partial charge in [-0.15, -0.1) is 0 Å². The molecule has 1 aromatic carbocycles. The van der Waals surface area contributed by atoms with Crippen molar-refractivity contribution in [1.82, 2.24) is 19.7 Å². The van der Waals surface area contributed by atoms with Gasteiger partial charge in [0.2, 0.25) is 0 Å². The lowest BCUT2D eigenvalue weighted by Gasteiger charge is -2.28. The van der Waals surface area contributed by atoms with Gasteiger partial charge < -0.3 is 15.4 Å². The fourth-order valence-electron chi connectivity index (χ4n) is 3.82. The molecule has 0 bridgehead atoms. The highest BCUT2D eigenvalue weighted by atomic mass is 35.5. The number of likely N-dealkylation sites (tertiary alicyclic amines) is 1. The molecule has 0 unspecified atom stereocenters. The molecule has 4 rings (SSSR count). The molecule has 0 spiro atoms. The molecule has 32 heavy (non-hydrogen) atoms. The minimum absolute atomic E-state index is 0.186. The number of halogens is 2. The van der Waals surface area contributed by atoms with Crippen molar-refractivity contribution in [3.63, 3.8) is 0 Å². The number of anilines is 1. The zero-order valence-electron chi connectivity index (χ0n) is 18.1. The van der Waals surface area contributed by atoms with Crippen LogP contribution in [0, 0.1) is 12.3 Å². The Balaban J connectivity index is 1.51. The van der Waals surface area contributed by atoms with Crippen LogP contribution in [0.5, 0.6) is 5.75 Å². The third-order valence-corrected chi connectivity index (χ3v) is 6.70. The highest BCUT2D eigenvalue weighted by Gasteiger charge is 2.20. The van der Waals surface area contributed by atoms with Gasteiger partial charge >= 0.3 is 0 Å². The van der Waals surface area contributed by atoms with Crippen molar-refractivity contribution >= 4 is 34.6 Å². The molecule has 0 atom stereocenters. The van der Waals surface area contributed by atoms with E-state index < -0.39 is 0 Å². The number of nitrogens with zero attached hydrogens (tertiary/aromatic N) is 4. The van der Waals surface area contributed by atoms with Crippen LogP contribution in [0.3, 0.4) is 0 Å². The Morgan fingerprint density at radius 2 is 2.00 bits per heavy atom. The van der Waals surface area contributed by atoms with Crippen LogP contribution >= 0.6 is 23.2 Å². The van der Waals surface area contributed by atoms with E-state index in [-0.39, 0.29) is 6.61 Å². The zero-order chi connectivity index (χ0) is 22.8. The summed E-state index contributed by atoms with van der Waals surface area (Å²) in [5.74, 6) is 0.572. The quantitative estimate of drug-likeness (QED) is 0.399. The second-order valence-electron chi connectivity index (χ2n) is 8.14. The second kappa shape index (κ2) is 9.48. The van der Waals surface area contributed by atoms with Gasteiger partial charge in [0.25, 0.3) is 0 Å². The van der Waals surface area contributed by atoms with Crippen LogP contribution in [0.2, 0.25) is 10.0 Å². The van der Waals surface area contributed by atoms with E-state index in [1.165, 1.54) is 0 Å². The summed E-state index contributed by atoms with van der Waals surface area (Å²) in [4.78, 5) is 6.46. The van der Waals surface area contributed by atoms with Crippen LogP contribution in [0.4, 0.5) is 5.69 Å². The predicted molar refractivity (Wildman–Crippen MR) is 128 cm³/mol. The maximum absolute atomic E-state index is 8.71. The van der Waals surface area contributed by atoms with Crippen LogP contribution in [0.15, 0.2) is 36.8 Å². The summed E-state index contributed by atoms with van der Waals surface area (Å²) in [5, 5.41) is 14.2. The number of hydrogen-bond donors (Lipinski definition) is 2. The minimum atomic E-state index is 0.186. The molecule has 3 N–H and O–H groups in total. The summed E-state index contributed by atoms with van der Waals surface area (Å²) in [6.07, 6.45) is 7.33. The van der Waals surface area contributed by atoms with E-state index in [4.69, 9.17) is 39.1 Å². The molecular formula is C23H26Cl2N6O. The highest BCUT2D eigenvalue weighted by Crippen LogP contribution is 2.29. The van der Waals surface area contributed by atoms with Gasteiger partial charge in [0.05, 0.1) is 33.7 Å². The summed E-state index contributed by atoms with van der Waals surface area (Å²) in [6, 6.07) is 5.63. The van der Waals surface area contributed by atoms with Crippen molar-refractivity contribution in [2.45, 2.75) is 32.4 Å². The number of nitrogens with one attached hydrogen (secondary N) is 1. The highest BCUT2D eigenvalue weighted by molar-refractivity contribution is 6.36. The van der Waals surface area contributed by atoms with E-state index in [2.05, 4.69) is 22.0 Å². The molecule has 1 aliphatic heterocycles. The number of hydrogen-bond acceptors (Lipinski definition) is 6. The van der Waals surface area contributed by atoms with Crippen molar-refractivity contribution < 1.29 is 4.74 Å². The number of benzene rings is 1. The molecule has 3 aromatic rings. The number of rotatable bonds is 6. The van der Waals surface area contributed by atoms with Gasteiger partial charge in [-0.25, -0.2) is 0 Å². The van der Waals surface area contributed by atoms with Crippen LogP contribution in [0.1, 0.15) is 41.3 Å². The molecule has 3 heterocycles. The van der Waals surface area contributed by atoms with Crippen LogP contribution in [-0.4, -0.2) is 45.5 Å². The molecule has 0 aliphatic carbocycles. The first-order valence-electron chi connectivity index (χ1n) is 10.5. The maximum Gasteiger partial charge on any atom is 0.120 e. The topological polar surface area (TPSA) is 93.0 Å². The third-order valence-electron chi connectivity index (χ3n) is 5.87. The van der Waals surface area contributed by atoms with Gasteiger partial charge in [-0.2, -0.15) is 5.10 Å². The molecule has 0 amide bonds. The molecule has 1 fully saturated rings. The van der Waals surface area contributed by atoms with Crippen LogP contribution in [-0.2, 0) is 6.61 Å². The minimum Gasteiger partial charge on any atom is -0.489 e. The fraction of sp³-hybridized carbons (Fsp3) is 0.348. The first kappa shape index (κ1) is 22.6. The van der Waals surface area contributed by atoms with Crippen LogP contribution < -0.4 is 10.5 Å². The second-order valence-corrected chi connectivity index (χ2v) is 8.93. The number of pyridine rings is 1. The maximum atomic E-state index is 8.71. The standard InChI is InChI=1S/C23H26Cl2N6O/c1-14-22(25)19(20(24)11-28-14)13-32-17-3-4-21(26)18(9-17)23(27)15-10-29-31(12-15)16-5-7-30(2)8-6-16/h3-4,9-12,16,27H,5-8,13,26H2,1-2H3. The summed E-state index contributed by atoms with van der Waals surface area (Å²) in [7, 11) is 2.13. The van der Waals surface area contributed by atoms with Crippen molar-refractivity contribution in [2.24, 2.45) is 0 Å². The number of nitrogen functional groups attached to an aromatic ring is 1. The van der Waals surface area contributed by atoms with Crippen molar-refractivity contribution in [3.8, 4) is 5.75 Å². The lowest BCUT2D eigenvalue weighted by molar-refractivity contribution is 0.212. The fourth-order valence-corrected chi connectivity index (χ4v) is 4.27. The Hall–Kier alpha value is -2.61. The van der Waals surface area contributed by atoms with Crippen molar-refractivity contribution in [1.29, 1.82) is 5.41 Å². The van der Waals surface area contributed by atoms with E-state index in [0.717, 1.165) is 31.5 Å². The summed E-state index contributed by atoms with van der Waals surface area (Å²) in [6.45, 7) is 4.10. The number of nitrogens with two attached hydrogens (primary N) is 1. The molecule has 1 saturated heterocycles. The number of piperidine rings is 1. The largest absolute Gasteiger partial charge is 0.489 e. The Morgan fingerprint density at radius 1 is 1.25 bits per heavy atom. The molecule has 1 aliphatic rings. The first-order chi connectivity index (χ1) is 15.3. The Bertz CT molecular complexity index is 1140. The van der Waals surface area contributed by atoms with Crippen molar-refractivity contribution in [3.05, 3.63) is 69.2 Å². The number of ether oxygens (including phenoxy) is 1. The third kappa shape index (κ3) is 4.75. The summed E-state index contributed by atoms with van der Waals surface area (Å²) in [5.41, 5.74) is 9.68. The smallest absolute Gasteiger partial charge is 0.120 e. The van der Waals surface area contributed by atoms with Crippen molar-refractivity contribution in [2.75, 3.05) is 25.9 Å². The monoisotopic (exact) mass is 472 g/mol. The Kier molecular flexibility index (Phi) is 6.69. The Morgan fingerprint density at radius 3 is 2.75 bits per heavy atom. The lowest BCUT2D eigenvalue weighted by atomic mass is 10.0. The summed E-state index contributed by atoms with van der Waals surface area (Å²) >= 11 is 12.6. The number of aryl methyl sites for hydroxylation is 1. The molecule has 0 saturated carbocycles. The molecule has 168 valence electrons. The molecule has 0 radical (unpaired) electrons. The SMILES string of the molecule is Cc1ncc(Cl)c(COc2ccc(N)c(C(=N)c3cnn(C4CCN(C)CC4)c3)c2)c1Cl. The normalized spacial score (nSPS) is 15.1. The van der Waals surface area contributed by atoms with E-state index in [1.807, 2.05) is 17.8 Å². The average Bonchev–Trinajstić information content (AvgIpc) is 3.28. The average molecular weight is 473 g/mol. The van der Waals surface area contributed by atoms with Gasteiger partial charge in [-0.3, -0.25) is 15.1 Å². The van der Waals surface area contributed by atoms with E-state index in [9.17, 15) is 0 Å². The van der Waals surface area contributed by atoms with Gasteiger partial charge in [-0.1, -0.05) is 23.2 Å². The lowest BCUT2D eigenvalue weighted by Crippen LogP contribution is -2.31. The van der Waals surface area contributed by atoms with Gasteiger partial charge in [-0.05, 0) is 58.1 Å². The Labute approximate surface area is 197 Å². The molecular weight excluding hydrogens is 447 g/mol.